The van der Waals surface area contributed by atoms with E-state index in [1.54, 1.807) is 0 Å². The fraction of sp³-hybridized carbons (Fsp3) is 0.333. The number of hydrogen-bond acceptors (Lipinski definition) is 1. The summed E-state index contributed by atoms with van der Waals surface area (Å²) in [4.78, 5) is 2.00. The molecule has 0 spiro atoms. The van der Waals surface area contributed by atoms with Crippen LogP contribution in [0.3, 0.4) is 0 Å². The lowest BCUT2D eigenvalue weighted by molar-refractivity contribution is 0.505. The largest absolute Gasteiger partial charge is 0.312 e. The van der Waals surface area contributed by atoms with Crippen molar-refractivity contribution in [3.05, 3.63) is 48.0 Å². The minimum absolute atomic E-state index is 0.721. The normalized spacial score (nSPS) is 10.1. The van der Waals surface area contributed by atoms with Crippen LogP contribution in [0.1, 0.15) is 5.56 Å². The second-order valence-electron chi connectivity index (χ2n) is 4.56. The van der Waals surface area contributed by atoms with Crippen LogP contribution in [0.2, 0.25) is 6.32 Å². The molecule has 0 unspecified atom stereocenters. The first-order valence-corrected chi connectivity index (χ1v) is 5.92. The molecule has 0 amide bonds. The first-order chi connectivity index (χ1) is 8.13. The van der Waals surface area contributed by atoms with Crippen molar-refractivity contribution < 1.29 is 0 Å². The highest BCUT2D eigenvalue weighted by Gasteiger charge is 1.93. The summed E-state index contributed by atoms with van der Waals surface area (Å²) < 4.78 is 0. The molecule has 2 radical (unpaired) electrons. The standard InChI is InChI=1S/C12H11B.C3H9N/c13-8-7-10-5-6-11-3-1-2-4-12(11)9-10;1-4(2)3/h1-6,9H,7-8H2;1-3H3. The summed E-state index contributed by atoms with van der Waals surface area (Å²) in [7, 11) is 11.5. The molecule has 0 fully saturated rings. The Kier molecular flexibility index (Phi) is 5.78. The van der Waals surface area contributed by atoms with Crippen molar-refractivity contribution in [1.29, 1.82) is 0 Å². The van der Waals surface area contributed by atoms with E-state index >= 15 is 0 Å². The van der Waals surface area contributed by atoms with Crippen LogP contribution in [0.5, 0.6) is 0 Å². The van der Waals surface area contributed by atoms with Crippen LogP contribution >= 0.6 is 0 Å². The number of hydrogen-bond donors (Lipinski definition) is 0. The zero-order chi connectivity index (χ0) is 12.7. The fourth-order valence-electron chi connectivity index (χ4n) is 1.56. The van der Waals surface area contributed by atoms with E-state index in [1.165, 1.54) is 16.3 Å². The van der Waals surface area contributed by atoms with Gasteiger partial charge >= 0.3 is 0 Å². The molecular formula is C15H20BN. The molecule has 2 rings (SSSR count). The molecule has 0 bridgehead atoms. The van der Waals surface area contributed by atoms with Crippen molar-refractivity contribution in [2.75, 3.05) is 21.1 Å². The summed E-state index contributed by atoms with van der Waals surface area (Å²) in [5, 5.41) is 2.59. The van der Waals surface area contributed by atoms with Crippen LogP contribution in [-0.2, 0) is 6.42 Å². The van der Waals surface area contributed by atoms with E-state index in [1.807, 2.05) is 26.0 Å². The van der Waals surface area contributed by atoms with Gasteiger partial charge in [-0.15, -0.1) is 0 Å². The molecule has 0 aliphatic heterocycles. The molecule has 0 aromatic heterocycles. The maximum Gasteiger partial charge on any atom is 0.0657 e. The molecule has 88 valence electrons. The van der Waals surface area contributed by atoms with E-state index in [4.69, 9.17) is 7.85 Å². The Labute approximate surface area is 106 Å². The van der Waals surface area contributed by atoms with Gasteiger partial charge in [0.1, 0.15) is 0 Å². The third kappa shape index (κ3) is 5.05. The minimum atomic E-state index is 0.721. The van der Waals surface area contributed by atoms with Gasteiger partial charge in [-0.3, -0.25) is 0 Å². The second kappa shape index (κ2) is 7.13. The highest BCUT2D eigenvalue weighted by atomic mass is 15.0. The van der Waals surface area contributed by atoms with Gasteiger partial charge in [0.05, 0.1) is 7.85 Å². The monoisotopic (exact) mass is 225 g/mol. The first kappa shape index (κ1) is 13.8. The molecule has 0 N–H and O–H groups in total. The minimum Gasteiger partial charge on any atom is -0.312 e. The number of benzene rings is 2. The number of rotatable bonds is 2. The average molecular weight is 225 g/mol. The number of nitrogens with zero attached hydrogens (tertiary/aromatic N) is 1. The van der Waals surface area contributed by atoms with Crippen LogP contribution in [0.15, 0.2) is 42.5 Å². The Morgan fingerprint density at radius 2 is 1.53 bits per heavy atom. The Morgan fingerprint density at radius 3 is 2.12 bits per heavy atom. The molecule has 17 heavy (non-hydrogen) atoms. The quantitative estimate of drug-likeness (QED) is 0.709. The SMILES string of the molecule is CN(C)C.[B]CCc1ccc2ccccc2c1. The Bertz CT molecular complexity index is 449. The predicted molar refractivity (Wildman–Crippen MR) is 77.8 cm³/mol. The lowest BCUT2D eigenvalue weighted by Crippen LogP contribution is -1.99. The number of fused-ring (bicyclic) bond motifs is 1. The molecule has 0 atom stereocenters. The van der Waals surface area contributed by atoms with Gasteiger partial charge in [0.2, 0.25) is 0 Å². The van der Waals surface area contributed by atoms with Crippen molar-refractivity contribution in [2.45, 2.75) is 12.7 Å². The summed E-state index contributed by atoms with van der Waals surface area (Å²) in [6, 6.07) is 14.9. The highest BCUT2D eigenvalue weighted by Crippen LogP contribution is 2.16. The van der Waals surface area contributed by atoms with E-state index < -0.39 is 0 Å². The third-order valence-electron chi connectivity index (χ3n) is 2.25. The van der Waals surface area contributed by atoms with Crippen molar-refractivity contribution >= 4 is 18.6 Å². The van der Waals surface area contributed by atoms with E-state index in [2.05, 4.69) is 42.5 Å². The van der Waals surface area contributed by atoms with Gasteiger partial charge in [-0.2, -0.15) is 0 Å². The Balaban J connectivity index is 0.000000317. The molecule has 2 aromatic rings. The Hall–Kier alpha value is -1.28. The first-order valence-electron chi connectivity index (χ1n) is 5.92. The van der Waals surface area contributed by atoms with Gasteiger partial charge in [-0.25, -0.2) is 0 Å². The maximum absolute atomic E-state index is 5.50. The molecule has 0 heterocycles. The van der Waals surface area contributed by atoms with Gasteiger partial charge < -0.3 is 4.90 Å². The molecule has 0 aliphatic carbocycles. The molecule has 2 heteroatoms. The van der Waals surface area contributed by atoms with Gasteiger partial charge in [-0.05, 0) is 43.9 Å². The summed E-state index contributed by atoms with van der Waals surface area (Å²) in [5.41, 5.74) is 1.32. The predicted octanol–water partition coefficient (Wildman–Crippen LogP) is 3.15. The lowest BCUT2D eigenvalue weighted by Gasteiger charge is -2.01. The van der Waals surface area contributed by atoms with Crippen LogP contribution in [0, 0.1) is 0 Å². The van der Waals surface area contributed by atoms with Gasteiger partial charge in [0.15, 0.2) is 0 Å². The van der Waals surface area contributed by atoms with E-state index in [0.29, 0.717) is 0 Å². The van der Waals surface area contributed by atoms with Crippen molar-refractivity contribution in [2.24, 2.45) is 0 Å². The van der Waals surface area contributed by atoms with E-state index in [-0.39, 0.29) is 0 Å². The van der Waals surface area contributed by atoms with Crippen molar-refractivity contribution in [3.63, 3.8) is 0 Å². The van der Waals surface area contributed by atoms with Gasteiger partial charge in [-0.1, -0.05) is 48.8 Å². The fourth-order valence-corrected chi connectivity index (χ4v) is 1.56. The molecule has 0 saturated heterocycles. The van der Waals surface area contributed by atoms with E-state index in [0.717, 1.165) is 12.7 Å². The third-order valence-corrected chi connectivity index (χ3v) is 2.25. The van der Waals surface area contributed by atoms with Gasteiger partial charge in [0, 0.05) is 0 Å². The average Bonchev–Trinajstić information content (AvgIpc) is 2.29. The van der Waals surface area contributed by atoms with Crippen LogP contribution in [0.4, 0.5) is 0 Å². The molecule has 2 aromatic carbocycles. The van der Waals surface area contributed by atoms with Crippen LogP contribution in [-0.4, -0.2) is 33.9 Å². The summed E-state index contributed by atoms with van der Waals surface area (Å²) in [6.45, 7) is 0. The summed E-state index contributed by atoms with van der Waals surface area (Å²) in [5.74, 6) is 0. The lowest BCUT2D eigenvalue weighted by atomic mass is 9.96. The number of aryl methyl sites for hydroxylation is 1. The van der Waals surface area contributed by atoms with Crippen molar-refractivity contribution in [3.8, 4) is 0 Å². The van der Waals surface area contributed by atoms with Gasteiger partial charge in [0.25, 0.3) is 0 Å². The molecule has 0 saturated carbocycles. The summed E-state index contributed by atoms with van der Waals surface area (Å²) in [6.07, 6.45) is 1.68. The highest BCUT2D eigenvalue weighted by molar-refractivity contribution is 6.08. The van der Waals surface area contributed by atoms with Crippen LogP contribution in [0.25, 0.3) is 10.8 Å². The smallest absolute Gasteiger partial charge is 0.0657 e. The topological polar surface area (TPSA) is 3.24 Å². The molecule has 0 aliphatic rings. The second-order valence-corrected chi connectivity index (χ2v) is 4.56. The van der Waals surface area contributed by atoms with Crippen molar-refractivity contribution in [1.82, 2.24) is 4.90 Å². The Morgan fingerprint density at radius 1 is 0.941 bits per heavy atom. The maximum atomic E-state index is 5.50. The zero-order valence-corrected chi connectivity index (χ0v) is 11.0. The van der Waals surface area contributed by atoms with E-state index in [9.17, 15) is 0 Å². The zero-order valence-electron chi connectivity index (χ0n) is 11.0. The molecule has 1 nitrogen and oxygen atoms in total. The molecular weight excluding hydrogens is 205 g/mol. The summed E-state index contributed by atoms with van der Waals surface area (Å²) >= 11 is 0. The van der Waals surface area contributed by atoms with Crippen LogP contribution < -0.4 is 0 Å².